The summed E-state index contributed by atoms with van der Waals surface area (Å²) in [7, 11) is 1.66. The molecule has 1 aromatic carbocycles. The minimum atomic E-state index is 0.571. The lowest BCUT2D eigenvalue weighted by atomic mass is 9.78. The fourth-order valence-corrected chi connectivity index (χ4v) is 3.15. The van der Waals surface area contributed by atoms with Crippen LogP contribution >= 0.6 is 0 Å². The molecule has 1 saturated carbocycles. The van der Waals surface area contributed by atoms with Crippen LogP contribution in [0.1, 0.15) is 39.5 Å². The maximum absolute atomic E-state index is 5.86. The summed E-state index contributed by atoms with van der Waals surface area (Å²) >= 11 is 0. The predicted molar refractivity (Wildman–Crippen MR) is 81.6 cm³/mol. The molecule has 2 unspecified atom stereocenters. The Morgan fingerprint density at radius 1 is 1.26 bits per heavy atom. The Morgan fingerprint density at radius 3 is 2.68 bits per heavy atom. The molecule has 0 aliphatic heterocycles. The van der Waals surface area contributed by atoms with E-state index in [0.717, 1.165) is 23.3 Å². The molecule has 3 heteroatoms. The molecule has 0 spiro atoms. The molecular weight excluding hydrogens is 236 g/mol. The van der Waals surface area contributed by atoms with E-state index in [-0.39, 0.29) is 0 Å². The first kappa shape index (κ1) is 14.0. The highest BCUT2D eigenvalue weighted by Crippen LogP contribution is 2.33. The number of rotatable bonds is 4. The van der Waals surface area contributed by atoms with Crippen LogP contribution in [0.2, 0.25) is 0 Å². The van der Waals surface area contributed by atoms with Gasteiger partial charge in [0.1, 0.15) is 5.75 Å². The summed E-state index contributed by atoms with van der Waals surface area (Å²) in [6, 6.07) is 6.53. The fourth-order valence-electron chi connectivity index (χ4n) is 3.15. The lowest BCUT2D eigenvalue weighted by Crippen LogP contribution is -2.35. The van der Waals surface area contributed by atoms with E-state index in [1.54, 1.807) is 7.11 Å². The summed E-state index contributed by atoms with van der Waals surface area (Å²) in [5, 5.41) is 3.68. The molecule has 1 aliphatic rings. The van der Waals surface area contributed by atoms with E-state index in [1.165, 1.54) is 25.7 Å². The Morgan fingerprint density at radius 2 is 2.00 bits per heavy atom. The lowest BCUT2D eigenvalue weighted by molar-refractivity contribution is 0.254. The first-order valence-electron chi connectivity index (χ1n) is 7.32. The van der Waals surface area contributed by atoms with Crippen molar-refractivity contribution in [1.82, 2.24) is 0 Å². The van der Waals surface area contributed by atoms with E-state index in [2.05, 4.69) is 19.2 Å². The maximum Gasteiger partial charge on any atom is 0.143 e. The number of anilines is 2. The van der Waals surface area contributed by atoms with Crippen LogP contribution in [0.15, 0.2) is 18.2 Å². The van der Waals surface area contributed by atoms with Crippen LogP contribution in [-0.2, 0) is 0 Å². The molecule has 0 aromatic heterocycles. The van der Waals surface area contributed by atoms with E-state index < -0.39 is 0 Å². The van der Waals surface area contributed by atoms with Crippen molar-refractivity contribution in [2.75, 3.05) is 18.2 Å². The highest BCUT2D eigenvalue weighted by atomic mass is 16.5. The number of methoxy groups -OCH3 is 1. The molecule has 0 saturated heterocycles. The third-order valence-electron chi connectivity index (χ3n) is 4.26. The van der Waals surface area contributed by atoms with Crippen molar-refractivity contribution in [3.8, 4) is 5.75 Å². The van der Waals surface area contributed by atoms with Crippen molar-refractivity contribution in [2.24, 2.45) is 11.8 Å². The summed E-state index contributed by atoms with van der Waals surface area (Å²) in [5.74, 6) is 2.24. The third kappa shape index (κ3) is 3.34. The van der Waals surface area contributed by atoms with Crippen molar-refractivity contribution < 1.29 is 4.74 Å². The van der Waals surface area contributed by atoms with Crippen molar-refractivity contribution in [2.45, 2.75) is 45.6 Å². The van der Waals surface area contributed by atoms with E-state index in [4.69, 9.17) is 10.5 Å². The number of benzene rings is 1. The molecule has 2 rings (SSSR count). The number of nitrogens with one attached hydrogen (secondary N) is 1. The Balaban J connectivity index is 2.10. The minimum absolute atomic E-state index is 0.571. The Hall–Kier alpha value is -1.38. The second-order valence-electron chi connectivity index (χ2n) is 5.90. The van der Waals surface area contributed by atoms with Gasteiger partial charge in [-0.3, -0.25) is 0 Å². The van der Waals surface area contributed by atoms with Gasteiger partial charge < -0.3 is 15.8 Å². The van der Waals surface area contributed by atoms with Crippen LogP contribution in [0.4, 0.5) is 11.4 Å². The fraction of sp³-hybridized carbons (Fsp3) is 0.625. The molecule has 1 aromatic rings. The van der Waals surface area contributed by atoms with Crippen molar-refractivity contribution in [3.63, 3.8) is 0 Å². The van der Waals surface area contributed by atoms with Gasteiger partial charge in [-0.05, 0) is 36.8 Å². The minimum Gasteiger partial charge on any atom is -0.495 e. The van der Waals surface area contributed by atoms with Gasteiger partial charge in [0.25, 0.3) is 0 Å². The third-order valence-corrected chi connectivity index (χ3v) is 4.26. The molecule has 0 amide bonds. The smallest absolute Gasteiger partial charge is 0.143 e. The summed E-state index contributed by atoms with van der Waals surface area (Å²) in [4.78, 5) is 0. The summed E-state index contributed by atoms with van der Waals surface area (Å²) < 4.78 is 5.28. The second kappa shape index (κ2) is 6.18. The van der Waals surface area contributed by atoms with E-state index >= 15 is 0 Å². The molecular formula is C16H26N2O. The van der Waals surface area contributed by atoms with Crippen LogP contribution < -0.4 is 15.8 Å². The normalized spacial score (nSPS) is 23.4. The molecule has 0 heterocycles. The molecule has 106 valence electrons. The monoisotopic (exact) mass is 262 g/mol. The van der Waals surface area contributed by atoms with Gasteiger partial charge in [-0.1, -0.05) is 26.7 Å². The number of hydrogen-bond donors (Lipinski definition) is 2. The summed E-state index contributed by atoms with van der Waals surface area (Å²) in [6.07, 6.45) is 5.29. The topological polar surface area (TPSA) is 47.3 Å². The Bertz CT molecular complexity index is 417. The average molecular weight is 262 g/mol. The Kier molecular flexibility index (Phi) is 4.56. The lowest BCUT2D eigenvalue weighted by Gasteiger charge is -2.35. The molecule has 0 bridgehead atoms. The van der Waals surface area contributed by atoms with E-state index in [1.807, 2.05) is 18.2 Å². The molecule has 3 N–H and O–H groups in total. The quantitative estimate of drug-likeness (QED) is 0.809. The van der Waals surface area contributed by atoms with Gasteiger partial charge in [-0.25, -0.2) is 0 Å². The van der Waals surface area contributed by atoms with Gasteiger partial charge in [-0.2, -0.15) is 0 Å². The van der Waals surface area contributed by atoms with Gasteiger partial charge >= 0.3 is 0 Å². The van der Waals surface area contributed by atoms with Gasteiger partial charge in [0.15, 0.2) is 0 Å². The largest absolute Gasteiger partial charge is 0.495 e. The summed E-state index contributed by atoms with van der Waals surface area (Å²) in [5.41, 5.74) is 7.66. The molecule has 19 heavy (non-hydrogen) atoms. The second-order valence-corrected chi connectivity index (χ2v) is 5.90. The highest BCUT2D eigenvalue weighted by molar-refractivity contribution is 5.61. The van der Waals surface area contributed by atoms with E-state index in [9.17, 15) is 0 Å². The highest BCUT2D eigenvalue weighted by Gasteiger charge is 2.27. The SMILES string of the molecule is COc1cc(NC2CCCCC2C(C)C)ccc1N. The van der Waals surface area contributed by atoms with Gasteiger partial charge in [0, 0.05) is 17.8 Å². The first-order chi connectivity index (χ1) is 9.11. The van der Waals surface area contributed by atoms with Gasteiger partial charge in [-0.15, -0.1) is 0 Å². The molecule has 0 radical (unpaired) electrons. The number of hydrogen-bond acceptors (Lipinski definition) is 3. The van der Waals surface area contributed by atoms with E-state index in [0.29, 0.717) is 11.7 Å². The molecule has 1 fully saturated rings. The van der Waals surface area contributed by atoms with Crippen LogP contribution in [0.3, 0.4) is 0 Å². The standard InChI is InChI=1S/C16H26N2O/c1-11(2)13-6-4-5-7-15(13)18-12-8-9-14(17)16(10-12)19-3/h8-11,13,15,18H,4-7,17H2,1-3H3. The molecule has 3 nitrogen and oxygen atoms in total. The number of nitrogens with two attached hydrogens (primary N) is 1. The van der Waals surface area contributed by atoms with Gasteiger partial charge in [0.2, 0.25) is 0 Å². The van der Waals surface area contributed by atoms with Crippen LogP contribution in [0.25, 0.3) is 0 Å². The molecule has 1 aliphatic carbocycles. The zero-order chi connectivity index (χ0) is 13.8. The molecule has 2 atom stereocenters. The zero-order valence-electron chi connectivity index (χ0n) is 12.3. The van der Waals surface area contributed by atoms with Gasteiger partial charge in [0.05, 0.1) is 12.8 Å². The van der Waals surface area contributed by atoms with Crippen molar-refractivity contribution >= 4 is 11.4 Å². The number of nitrogen functional groups attached to an aromatic ring is 1. The zero-order valence-corrected chi connectivity index (χ0v) is 12.3. The van der Waals surface area contributed by atoms with Crippen molar-refractivity contribution in [1.29, 1.82) is 0 Å². The van der Waals surface area contributed by atoms with Crippen LogP contribution in [0, 0.1) is 11.8 Å². The predicted octanol–water partition coefficient (Wildman–Crippen LogP) is 3.90. The van der Waals surface area contributed by atoms with Crippen molar-refractivity contribution in [3.05, 3.63) is 18.2 Å². The van der Waals surface area contributed by atoms with Crippen LogP contribution in [0.5, 0.6) is 5.75 Å². The first-order valence-corrected chi connectivity index (χ1v) is 7.32. The van der Waals surface area contributed by atoms with Crippen LogP contribution in [-0.4, -0.2) is 13.2 Å². The Labute approximate surface area is 116 Å². The summed E-state index contributed by atoms with van der Waals surface area (Å²) in [6.45, 7) is 4.66. The average Bonchev–Trinajstić information content (AvgIpc) is 2.41. The number of ether oxygens (including phenoxy) is 1. The maximum atomic E-state index is 5.86.